The van der Waals surface area contributed by atoms with Crippen LogP contribution in [0.15, 0.2) is 18.2 Å². The fourth-order valence-corrected chi connectivity index (χ4v) is 1.74. The number of nitrogens with one attached hydrogen (secondary N) is 1. The van der Waals surface area contributed by atoms with Gasteiger partial charge in [-0.25, -0.2) is 5.84 Å². The van der Waals surface area contributed by atoms with E-state index in [9.17, 15) is 9.59 Å². The van der Waals surface area contributed by atoms with Gasteiger partial charge in [0.2, 0.25) is 0 Å². The zero-order valence-electron chi connectivity index (χ0n) is 11.9. The highest BCUT2D eigenvalue weighted by molar-refractivity contribution is 5.94. The molecule has 20 heavy (non-hydrogen) atoms. The van der Waals surface area contributed by atoms with Gasteiger partial charge >= 0.3 is 0 Å². The number of methoxy groups -OCH3 is 1. The lowest BCUT2D eigenvalue weighted by Crippen LogP contribution is -2.42. The first-order valence-corrected chi connectivity index (χ1v) is 6.39. The standard InChI is InChI=1S/C14H20N2O4/c1-4-5-12(14(18)16-15)20-11-7-6-10(9(2)17)8-13(11)19-3/h6-8,12H,4-5,15H2,1-3H3,(H,16,18). The van der Waals surface area contributed by atoms with Gasteiger partial charge in [-0.3, -0.25) is 15.0 Å². The van der Waals surface area contributed by atoms with Gasteiger partial charge in [0.25, 0.3) is 5.91 Å². The summed E-state index contributed by atoms with van der Waals surface area (Å²) in [5.41, 5.74) is 2.60. The Morgan fingerprint density at radius 2 is 2.05 bits per heavy atom. The molecule has 0 heterocycles. The normalized spacial score (nSPS) is 11.6. The van der Waals surface area contributed by atoms with Crippen LogP contribution in [0, 0.1) is 0 Å². The van der Waals surface area contributed by atoms with Crippen molar-refractivity contribution < 1.29 is 19.1 Å². The minimum Gasteiger partial charge on any atom is -0.493 e. The van der Waals surface area contributed by atoms with Gasteiger partial charge < -0.3 is 9.47 Å². The molecule has 0 bridgehead atoms. The summed E-state index contributed by atoms with van der Waals surface area (Å²) in [4.78, 5) is 23.0. The largest absolute Gasteiger partial charge is 0.493 e. The van der Waals surface area contributed by atoms with Crippen LogP contribution in [-0.2, 0) is 4.79 Å². The SMILES string of the molecule is CCCC(Oc1ccc(C(C)=O)cc1OC)C(=O)NN. The number of hydrazine groups is 1. The predicted molar refractivity (Wildman–Crippen MR) is 74.7 cm³/mol. The van der Waals surface area contributed by atoms with Crippen molar-refractivity contribution in [3.05, 3.63) is 23.8 Å². The Labute approximate surface area is 118 Å². The average Bonchev–Trinajstić information content (AvgIpc) is 2.45. The quantitative estimate of drug-likeness (QED) is 0.341. The van der Waals surface area contributed by atoms with Crippen molar-refractivity contribution in [1.82, 2.24) is 5.43 Å². The molecular weight excluding hydrogens is 260 g/mol. The molecule has 0 radical (unpaired) electrons. The molecule has 0 aliphatic heterocycles. The van der Waals surface area contributed by atoms with Crippen molar-refractivity contribution in [3.8, 4) is 11.5 Å². The van der Waals surface area contributed by atoms with Crippen LogP contribution in [0.5, 0.6) is 11.5 Å². The van der Waals surface area contributed by atoms with Crippen LogP contribution < -0.4 is 20.7 Å². The molecule has 110 valence electrons. The fourth-order valence-electron chi connectivity index (χ4n) is 1.74. The average molecular weight is 280 g/mol. The minimum atomic E-state index is -0.693. The van der Waals surface area contributed by atoms with E-state index in [0.717, 1.165) is 6.42 Å². The number of carbonyl (C=O) groups is 2. The van der Waals surface area contributed by atoms with E-state index in [1.54, 1.807) is 18.2 Å². The molecule has 0 fully saturated rings. The smallest absolute Gasteiger partial charge is 0.274 e. The molecular formula is C14H20N2O4. The van der Waals surface area contributed by atoms with Gasteiger partial charge in [-0.2, -0.15) is 0 Å². The first-order chi connectivity index (χ1) is 9.53. The zero-order valence-corrected chi connectivity index (χ0v) is 11.9. The third-order valence-corrected chi connectivity index (χ3v) is 2.82. The number of amides is 1. The molecule has 0 aliphatic rings. The monoisotopic (exact) mass is 280 g/mol. The molecule has 0 spiro atoms. The molecule has 0 aliphatic carbocycles. The predicted octanol–water partition coefficient (Wildman–Crippen LogP) is 1.44. The molecule has 0 aromatic heterocycles. The topological polar surface area (TPSA) is 90.6 Å². The molecule has 1 aromatic carbocycles. The maximum Gasteiger partial charge on any atom is 0.274 e. The summed E-state index contributed by atoms with van der Waals surface area (Å²) in [5.74, 6) is 5.48. The van der Waals surface area contributed by atoms with Crippen LogP contribution in [0.25, 0.3) is 0 Å². The van der Waals surface area contributed by atoms with Crippen molar-refractivity contribution in [1.29, 1.82) is 0 Å². The van der Waals surface area contributed by atoms with Gasteiger partial charge in [0.05, 0.1) is 7.11 Å². The van der Waals surface area contributed by atoms with Crippen molar-refractivity contribution in [2.24, 2.45) is 5.84 Å². The number of rotatable bonds is 7. The van der Waals surface area contributed by atoms with Gasteiger partial charge in [-0.15, -0.1) is 0 Å². The number of carbonyl (C=O) groups excluding carboxylic acids is 2. The van der Waals surface area contributed by atoms with Crippen molar-refractivity contribution in [2.75, 3.05) is 7.11 Å². The molecule has 0 saturated carbocycles. The first kappa shape index (κ1) is 16.0. The van der Waals surface area contributed by atoms with Gasteiger partial charge in [0, 0.05) is 5.56 Å². The molecule has 3 N–H and O–H groups in total. The van der Waals surface area contributed by atoms with Crippen LogP contribution in [0.3, 0.4) is 0 Å². The first-order valence-electron chi connectivity index (χ1n) is 6.39. The third kappa shape index (κ3) is 3.96. The van der Waals surface area contributed by atoms with Crippen LogP contribution >= 0.6 is 0 Å². The lowest BCUT2D eigenvalue weighted by atomic mass is 10.1. The molecule has 6 nitrogen and oxygen atoms in total. The molecule has 1 atom stereocenters. The fraction of sp³-hybridized carbons (Fsp3) is 0.429. The molecule has 1 unspecified atom stereocenters. The van der Waals surface area contributed by atoms with Crippen LogP contribution in [-0.4, -0.2) is 24.9 Å². The van der Waals surface area contributed by atoms with Crippen molar-refractivity contribution >= 4 is 11.7 Å². The second-order valence-corrected chi connectivity index (χ2v) is 4.33. The molecule has 1 amide bonds. The lowest BCUT2D eigenvalue weighted by molar-refractivity contribution is -0.128. The Morgan fingerprint density at radius 1 is 1.35 bits per heavy atom. The van der Waals surface area contributed by atoms with E-state index in [1.165, 1.54) is 14.0 Å². The van der Waals surface area contributed by atoms with Gasteiger partial charge in [-0.1, -0.05) is 13.3 Å². The Balaban J connectivity index is 3.00. The minimum absolute atomic E-state index is 0.0698. The van der Waals surface area contributed by atoms with Gasteiger partial charge in [0.15, 0.2) is 23.4 Å². The number of nitrogens with two attached hydrogens (primary N) is 1. The molecule has 6 heteroatoms. The Bertz CT molecular complexity index is 488. The maximum absolute atomic E-state index is 11.6. The molecule has 1 rings (SSSR count). The number of Topliss-reactive ketones (excluding diaryl/α,β-unsaturated/α-hetero) is 1. The zero-order chi connectivity index (χ0) is 15.1. The van der Waals surface area contributed by atoms with Gasteiger partial charge in [0.1, 0.15) is 0 Å². The summed E-state index contributed by atoms with van der Waals surface area (Å²) < 4.78 is 10.8. The number of hydrogen-bond acceptors (Lipinski definition) is 5. The van der Waals surface area contributed by atoms with Crippen molar-refractivity contribution in [2.45, 2.75) is 32.8 Å². The highest BCUT2D eigenvalue weighted by atomic mass is 16.5. The van der Waals surface area contributed by atoms with Crippen LogP contribution in [0.4, 0.5) is 0 Å². The van der Waals surface area contributed by atoms with E-state index in [2.05, 4.69) is 5.43 Å². The highest BCUT2D eigenvalue weighted by Gasteiger charge is 2.20. The van der Waals surface area contributed by atoms with E-state index in [0.29, 0.717) is 23.5 Å². The lowest BCUT2D eigenvalue weighted by Gasteiger charge is -2.18. The van der Waals surface area contributed by atoms with E-state index in [-0.39, 0.29) is 5.78 Å². The number of hydrogen-bond donors (Lipinski definition) is 2. The second-order valence-electron chi connectivity index (χ2n) is 4.33. The third-order valence-electron chi connectivity index (χ3n) is 2.82. The summed E-state index contributed by atoms with van der Waals surface area (Å²) in [7, 11) is 1.48. The van der Waals surface area contributed by atoms with Crippen LogP contribution in [0.2, 0.25) is 0 Å². The Kier molecular flexibility index (Phi) is 5.99. The molecule has 0 saturated heterocycles. The summed E-state index contributed by atoms with van der Waals surface area (Å²) >= 11 is 0. The summed E-state index contributed by atoms with van der Waals surface area (Å²) in [6.07, 6.45) is 0.606. The summed E-state index contributed by atoms with van der Waals surface area (Å²) in [6.45, 7) is 3.41. The highest BCUT2D eigenvalue weighted by Crippen LogP contribution is 2.29. The summed E-state index contributed by atoms with van der Waals surface area (Å²) in [5, 5.41) is 0. The Morgan fingerprint density at radius 3 is 2.55 bits per heavy atom. The van der Waals surface area contributed by atoms with E-state index < -0.39 is 12.0 Å². The summed E-state index contributed by atoms with van der Waals surface area (Å²) in [6, 6.07) is 4.83. The van der Waals surface area contributed by atoms with E-state index in [1.807, 2.05) is 6.92 Å². The number of ether oxygens (including phenoxy) is 2. The molecule has 1 aromatic rings. The van der Waals surface area contributed by atoms with Crippen LogP contribution in [0.1, 0.15) is 37.0 Å². The van der Waals surface area contributed by atoms with Crippen molar-refractivity contribution in [3.63, 3.8) is 0 Å². The number of benzene rings is 1. The number of ketones is 1. The maximum atomic E-state index is 11.6. The van der Waals surface area contributed by atoms with Gasteiger partial charge in [-0.05, 0) is 31.5 Å². The Hall–Kier alpha value is -2.08. The second kappa shape index (κ2) is 7.49. The van der Waals surface area contributed by atoms with E-state index in [4.69, 9.17) is 15.3 Å². The van der Waals surface area contributed by atoms with E-state index >= 15 is 0 Å².